The second kappa shape index (κ2) is 18.8. The van der Waals surface area contributed by atoms with Crippen molar-refractivity contribution in [3.05, 3.63) is 135 Å². The topological polar surface area (TPSA) is 92.0 Å². The standard InChI is InChI=1S/C17H12Cl2N2S.C10H6Cl2N2.C7H8BClO2S/c1-22-16-12(8-5-9-13(16)18)17-20-14(10-15(19)21-17)11-6-3-2-4-7-11;11-9-6-8(13-10(12)14-9)7-4-2-1-3-5-7;1-12-7-5(8(10)11)3-2-4-6(7)9/h2-10H,1H3;1-6H;2-4,10-11H,1H3. The molecule has 2 heterocycles. The molecule has 0 fully saturated rings. The molecule has 0 saturated carbocycles. The predicted octanol–water partition coefficient (Wildman–Crippen LogP) is 10.0. The van der Waals surface area contributed by atoms with Crippen LogP contribution in [-0.2, 0) is 0 Å². The third kappa shape index (κ3) is 10.6. The van der Waals surface area contributed by atoms with Crippen LogP contribution in [0.3, 0.4) is 0 Å². The van der Waals surface area contributed by atoms with Crippen LogP contribution >= 0.6 is 81.5 Å². The van der Waals surface area contributed by atoms with Gasteiger partial charge >= 0.3 is 7.12 Å². The van der Waals surface area contributed by atoms with Gasteiger partial charge in [-0.3, -0.25) is 0 Å². The van der Waals surface area contributed by atoms with Crippen molar-refractivity contribution in [3.8, 4) is 33.9 Å². The number of aromatic nitrogens is 4. The zero-order valence-corrected chi connectivity index (χ0v) is 30.8. The van der Waals surface area contributed by atoms with Crippen molar-refractivity contribution in [1.29, 1.82) is 0 Å². The highest BCUT2D eigenvalue weighted by molar-refractivity contribution is 7.99. The number of halogens is 5. The van der Waals surface area contributed by atoms with E-state index in [1.54, 1.807) is 42.1 Å². The number of hydrogen-bond acceptors (Lipinski definition) is 8. The second-order valence-corrected chi connectivity index (χ2v) is 13.1. The summed E-state index contributed by atoms with van der Waals surface area (Å²) in [5.41, 5.74) is 4.84. The van der Waals surface area contributed by atoms with Gasteiger partial charge in [-0.2, -0.15) is 0 Å². The first kappa shape index (κ1) is 38.0. The summed E-state index contributed by atoms with van der Waals surface area (Å²) in [7, 11) is -1.45. The molecule has 244 valence electrons. The average molecular weight is 775 g/mol. The van der Waals surface area contributed by atoms with Crippen LogP contribution in [0, 0.1) is 0 Å². The molecule has 6 nitrogen and oxygen atoms in total. The predicted molar refractivity (Wildman–Crippen MR) is 205 cm³/mol. The SMILES string of the molecule is CSc1c(Cl)cccc1-c1nc(Cl)cc(-c2ccccc2)n1.CSc1c(Cl)cccc1B(O)O.Clc1cc(-c2ccccc2)nc(Cl)n1. The zero-order valence-electron chi connectivity index (χ0n) is 25.4. The van der Waals surface area contributed by atoms with Crippen molar-refractivity contribution in [2.45, 2.75) is 9.79 Å². The van der Waals surface area contributed by atoms with Crippen LogP contribution < -0.4 is 5.46 Å². The Morgan fingerprint density at radius 2 is 1.04 bits per heavy atom. The summed E-state index contributed by atoms with van der Waals surface area (Å²) in [6.45, 7) is 0. The molecule has 0 atom stereocenters. The quantitative estimate of drug-likeness (QED) is 0.0748. The molecule has 14 heteroatoms. The Morgan fingerprint density at radius 1 is 0.542 bits per heavy atom. The summed E-state index contributed by atoms with van der Waals surface area (Å²) in [5.74, 6) is 0.582. The summed E-state index contributed by atoms with van der Waals surface area (Å²) in [4.78, 5) is 18.5. The highest BCUT2D eigenvalue weighted by atomic mass is 35.5. The molecule has 0 spiro atoms. The first-order valence-corrected chi connectivity index (χ1v) is 18.3. The van der Waals surface area contributed by atoms with E-state index in [9.17, 15) is 0 Å². The summed E-state index contributed by atoms with van der Waals surface area (Å²) in [6, 6.07) is 33.8. The van der Waals surface area contributed by atoms with E-state index in [4.69, 9.17) is 68.1 Å². The Hall–Kier alpha value is -2.83. The molecule has 2 N–H and O–H groups in total. The lowest BCUT2D eigenvalue weighted by atomic mass is 9.80. The lowest BCUT2D eigenvalue weighted by Crippen LogP contribution is -2.31. The smallest absolute Gasteiger partial charge is 0.423 e. The van der Waals surface area contributed by atoms with Gasteiger partial charge in [0.05, 0.1) is 21.4 Å². The second-order valence-electron chi connectivity index (χ2n) is 9.53. The van der Waals surface area contributed by atoms with E-state index in [1.165, 1.54) is 11.8 Å². The number of thioether (sulfide) groups is 2. The van der Waals surface area contributed by atoms with Crippen molar-refractivity contribution < 1.29 is 10.0 Å². The van der Waals surface area contributed by atoms with Crippen LogP contribution in [0.1, 0.15) is 0 Å². The minimum Gasteiger partial charge on any atom is -0.423 e. The maximum atomic E-state index is 8.94. The first-order chi connectivity index (χ1) is 23.1. The van der Waals surface area contributed by atoms with Gasteiger partial charge in [-0.1, -0.05) is 125 Å². The van der Waals surface area contributed by atoms with Crippen LogP contribution in [0.25, 0.3) is 33.9 Å². The minimum atomic E-state index is -1.45. The fraction of sp³-hybridized carbons (Fsp3) is 0.0588. The van der Waals surface area contributed by atoms with Crippen LogP contribution in [-0.4, -0.2) is 49.6 Å². The Balaban J connectivity index is 0.000000173. The van der Waals surface area contributed by atoms with Crippen molar-refractivity contribution >= 4 is 94.1 Å². The van der Waals surface area contributed by atoms with E-state index in [2.05, 4.69) is 19.9 Å². The molecule has 0 radical (unpaired) electrons. The number of rotatable bonds is 6. The maximum absolute atomic E-state index is 8.94. The summed E-state index contributed by atoms with van der Waals surface area (Å²) >= 11 is 32.7. The summed E-state index contributed by atoms with van der Waals surface area (Å²) in [6.07, 6.45) is 3.82. The average Bonchev–Trinajstić information content (AvgIpc) is 3.08. The zero-order chi connectivity index (χ0) is 34.6. The van der Waals surface area contributed by atoms with Crippen molar-refractivity contribution in [2.75, 3.05) is 12.5 Å². The lowest BCUT2D eigenvalue weighted by molar-refractivity contribution is 0.425. The fourth-order valence-electron chi connectivity index (χ4n) is 4.28. The molecule has 6 rings (SSSR count). The van der Waals surface area contributed by atoms with Gasteiger partial charge in [0.25, 0.3) is 0 Å². The summed E-state index contributed by atoms with van der Waals surface area (Å²) in [5, 5.41) is 20.1. The van der Waals surface area contributed by atoms with Crippen molar-refractivity contribution in [2.24, 2.45) is 0 Å². The molecular weight excluding hydrogens is 749 g/mol. The van der Waals surface area contributed by atoms with Gasteiger partial charge < -0.3 is 10.0 Å². The third-order valence-corrected chi connectivity index (χ3v) is 9.52. The largest absolute Gasteiger partial charge is 0.489 e. The lowest BCUT2D eigenvalue weighted by Gasteiger charge is -2.10. The van der Waals surface area contributed by atoms with Crippen molar-refractivity contribution in [3.63, 3.8) is 0 Å². The van der Waals surface area contributed by atoms with Gasteiger partial charge in [0, 0.05) is 38.6 Å². The monoisotopic (exact) mass is 772 g/mol. The third-order valence-electron chi connectivity index (χ3n) is 6.39. The number of benzene rings is 4. The van der Waals surface area contributed by atoms with Gasteiger partial charge in [-0.15, -0.1) is 23.5 Å². The van der Waals surface area contributed by atoms with E-state index in [1.807, 2.05) is 91.4 Å². The Labute approximate surface area is 313 Å². The molecule has 0 amide bonds. The normalized spacial score (nSPS) is 10.4. The number of hydrogen-bond donors (Lipinski definition) is 2. The maximum Gasteiger partial charge on any atom is 0.489 e. The molecule has 0 aliphatic heterocycles. The van der Waals surface area contributed by atoms with Crippen LogP contribution in [0.15, 0.2) is 119 Å². The number of nitrogens with zero attached hydrogens (tertiary/aromatic N) is 4. The molecule has 6 aromatic rings. The van der Waals surface area contributed by atoms with Crippen LogP contribution in [0.4, 0.5) is 0 Å². The van der Waals surface area contributed by atoms with E-state index in [-0.39, 0.29) is 5.28 Å². The van der Waals surface area contributed by atoms with Crippen molar-refractivity contribution in [1.82, 2.24) is 19.9 Å². The molecule has 2 aromatic heterocycles. The van der Waals surface area contributed by atoms with E-state index < -0.39 is 7.12 Å². The van der Waals surface area contributed by atoms with Gasteiger partial charge in [0.1, 0.15) is 10.3 Å². The van der Waals surface area contributed by atoms with Gasteiger partial charge in [0.15, 0.2) is 5.82 Å². The molecule has 0 bridgehead atoms. The molecule has 0 aliphatic rings. The van der Waals surface area contributed by atoms with E-state index in [0.29, 0.717) is 36.5 Å². The van der Waals surface area contributed by atoms with Gasteiger partial charge in [-0.05, 0) is 47.8 Å². The Bertz CT molecular complexity index is 1940. The molecule has 0 aliphatic carbocycles. The molecule has 4 aromatic carbocycles. The molecule has 48 heavy (non-hydrogen) atoms. The Morgan fingerprint density at radius 3 is 1.54 bits per heavy atom. The molecule has 0 unspecified atom stereocenters. The minimum absolute atomic E-state index is 0.163. The molecular formula is C34H26BCl5N4O2S2. The fourth-order valence-corrected chi connectivity index (χ4v) is 7.00. The van der Waals surface area contributed by atoms with E-state index >= 15 is 0 Å². The highest BCUT2D eigenvalue weighted by Crippen LogP contribution is 2.35. The van der Waals surface area contributed by atoms with Crippen LogP contribution in [0.5, 0.6) is 0 Å². The Kier molecular flexibility index (Phi) is 14.9. The van der Waals surface area contributed by atoms with Crippen LogP contribution in [0.2, 0.25) is 25.6 Å². The van der Waals surface area contributed by atoms with Gasteiger partial charge in [-0.25, -0.2) is 19.9 Å². The van der Waals surface area contributed by atoms with E-state index in [0.717, 1.165) is 33.0 Å². The van der Waals surface area contributed by atoms with Gasteiger partial charge in [0.2, 0.25) is 5.28 Å². The molecule has 0 saturated heterocycles. The highest BCUT2D eigenvalue weighted by Gasteiger charge is 2.17. The first-order valence-electron chi connectivity index (χ1n) is 14.0. The summed E-state index contributed by atoms with van der Waals surface area (Å²) < 4.78 is 0.